The van der Waals surface area contributed by atoms with Crippen LogP contribution in [-0.2, 0) is 9.47 Å². The molecule has 1 atom stereocenters. The second kappa shape index (κ2) is 12.7. The van der Waals surface area contributed by atoms with E-state index in [1.807, 2.05) is 0 Å². The minimum Gasteiger partial charge on any atom is -0.379 e. The maximum absolute atomic E-state index is 5.64. The van der Waals surface area contributed by atoms with Gasteiger partial charge < -0.3 is 25.0 Å². The molecule has 22 heavy (non-hydrogen) atoms. The van der Waals surface area contributed by atoms with Crippen LogP contribution in [0.25, 0.3) is 0 Å². The molecule has 0 aromatic rings. The Hall–Kier alpha value is -0.850. The number of nitrogens with zero attached hydrogens (tertiary/aromatic N) is 2. The molecule has 2 N–H and O–H groups in total. The highest BCUT2D eigenvalue weighted by Crippen LogP contribution is 2.11. The van der Waals surface area contributed by atoms with Crippen LogP contribution < -0.4 is 10.6 Å². The first-order chi connectivity index (χ1) is 10.7. The average Bonchev–Trinajstić information content (AvgIpc) is 3.00. The van der Waals surface area contributed by atoms with Gasteiger partial charge in [-0.3, -0.25) is 4.99 Å². The van der Waals surface area contributed by atoms with Crippen LogP contribution in [0.4, 0.5) is 0 Å². The summed E-state index contributed by atoms with van der Waals surface area (Å²) in [4.78, 5) is 6.76. The molecule has 1 rings (SSSR count). The molecular weight excluding hydrogens is 280 g/mol. The number of aliphatic imine (C=N–C) groups is 1. The summed E-state index contributed by atoms with van der Waals surface area (Å²) in [5, 5.41) is 6.63. The minimum absolute atomic E-state index is 0.319. The summed E-state index contributed by atoms with van der Waals surface area (Å²) in [5.74, 6) is 0.903. The van der Waals surface area contributed by atoms with E-state index in [-0.39, 0.29) is 0 Å². The zero-order valence-corrected chi connectivity index (χ0v) is 14.6. The van der Waals surface area contributed by atoms with Gasteiger partial charge in [-0.25, -0.2) is 0 Å². The Morgan fingerprint density at radius 3 is 2.86 bits per heavy atom. The third kappa shape index (κ3) is 9.97. The third-order valence-corrected chi connectivity index (χ3v) is 3.46. The Labute approximate surface area is 135 Å². The molecule has 0 radical (unpaired) electrons. The fraction of sp³-hybridized carbons (Fsp3) is 0.938. The first kappa shape index (κ1) is 19.2. The lowest BCUT2D eigenvalue weighted by atomic mass is 10.2. The SMILES string of the molecule is CCNC(=NCCCOCC1CCCO1)NCCCN(C)C. The van der Waals surface area contributed by atoms with Crippen molar-refractivity contribution in [1.29, 1.82) is 0 Å². The number of hydrogen-bond donors (Lipinski definition) is 2. The molecule has 1 fully saturated rings. The molecule has 130 valence electrons. The molecule has 0 aromatic heterocycles. The van der Waals surface area contributed by atoms with Crippen LogP contribution in [0.3, 0.4) is 0 Å². The lowest BCUT2D eigenvalue weighted by Crippen LogP contribution is -2.38. The Morgan fingerprint density at radius 2 is 2.18 bits per heavy atom. The second-order valence-electron chi connectivity index (χ2n) is 5.91. The fourth-order valence-electron chi connectivity index (χ4n) is 2.29. The maximum atomic E-state index is 5.64. The van der Waals surface area contributed by atoms with Crippen molar-refractivity contribution in [1.82, 2.24) is 15.5 Å². The number of guanidine groups is 1. The lowest BCUT2D eigenvalue weighted by molar-refractivity contribution is 0.0171. The van der Waals surface area contributed by atoms with Gasteiger partial charge in [0.25, 0.3) is 0 Å². The van der Waals surface area contributed by atoms with Crippen LogP contribution in [0.15, 0.2) is 4.99 Å². The van der Waals surface area contributed by atoms with Crippen LogP contribution in [0.5, 0.6) is 0 Å². The molecule has 0 aliphatic carbocycles. The molecule has 0 saturated carbocycles. The van der Waals surface area contributed by atoms with E-state index in [0.717, 1.165) is 71.2 Å². The molecular formula is C16H34N4O2. The quantitative estimate of drug-likeness (QED) is 0.339. The van der Waals surface area contributed by atoms with Gasteiger partial charge >= 0.3 is 0 Å². The Balaban J connectivity index is 2.04. The molecule has 6 heteroatoms. The molecule has 1 saturated heterocycles. The van der Waals surface area contributed by atoms with Crippen LogP contribution in [0.1, 0.15) is 32.6 Å². The summed E-state index contributed by atoms with van der Waals surface area (Å²) < 4.78 is 11.2. The van der Waals surface area contributed by atoms with Crippen molar-refractivity contribution in [3.05, 3.63) is 0 Å². The smallest absolute Gasteiger partial charge is 0.191 e. The van der Waals surface area contributed by atoms with Crippen molar-refractivity contribution >= 4 is 5.96 Å². The lowest BCUT2D eigenvalue weighted by Gasteiger charge is -2.13. The van der Waals surface area contributed by atoms with Crippen molar-refractivity contribution in [2.75, 3.05) is 60.1 Å². The summed E-state index contributed by atoms with van der Waals surface area (Å²) >= 11 is 0. The molecule has 0 aromatic carbocycles. The first-order valence-electron chi connectivity index (χ1n) is 8.58. The van der Waals surface area contributed by atoms with Crippen molar-refractivity contribution in [2.45, 2.75) is 38.7 Å². The van der Waals surface area contributed by atoms with E-state index in [4.69, 9.17) is 9.47 Å². The van der Waals surface area contributed by atoms with Crippen LogP contribution in [-0.4, -0.2) is 77.1 Å². The van der Waals surface area contributed by atoms with Crippen molar-refractivity contribution in [3.63, 3.8) is 0 Å². The predicted octanol–water partition coefficient (Wildman–Crippen LogP) is 1.08. The van der Waals surface area contributed by atoms with Gasteiger partial charge in [0.2, 0.25) is 0 Å². The summed E-state index contributed by atoms with van der Waals surface area (Å²) in [7, 11) is 4.19. The monoisotopic (exact) mass is 314 g/mol. The number of ether oxygens (including phenoxy) is 2. The third-order valence-electron chi connectivity index (χ3n) is 3.46. The van der Waals surface area contributed by atoms with Crippen LogP contribution in [0, 0.1) is 0 Å². The van der Waals surface area contributed by atoms with Crippen molar-refractivity contribution in [3.8, 4) is 0 Å². The Kier molecular flexibility index (Phi) is 11.1. The highest BCUT2D eigenvalue weighted by atomic mass is 16.5. The molecule has 1 aliphatic rings. The molecule has 1 heterocycles. The van der Waals surface area contributed by atoms with E-state index in [1.165, 1.54) is 6.42 Å². The highest BCUT2D eigenvalue weighted by Gasteiger charge is 2.14. The molecule has 0 spiro atoms. The topological polar surface area (TPSA) is 58.1 Å². The molecule has 0 bridgehead atoms. The second-order valence-corrected chi connectivity index (χ2v) is 5.91. The van der Waals surface area contributed by atoms with E-state index in [1.54, 1.807) is 0 Å². The van der Waals surface area contributed by atoms with Crippen molar-refractivity contribution in [2.24, 2.45) is 4.99 Å². The van der Waals surface area contributed by atoms with Gasteiger partial charge in [-0.15, -0.1) is 0 Å². The zero-order valence-electron chi connectivity index (χ0n) is 14.6. The number of hydrogen-bond acceptors (Lipinski definition) is 4. The average molecular weight is 314 g/mol. The van der Waals surface area contributed by atoms with Crippen molar-refractivity contribution < 1.29 is 9.47 Å². The van der Waals surface area contributed by atoms with Gasteiger partial charge in [0, 0.05) is 32.8 Å². The Bertz CT molecular complexity index is 292. The van der Waals surface area contributed by atoms with E-state index in [0.29, 0.717) is 6.10 Å². The van der Waals surface area contributed by atoms with Gasteiger partial charge in [-0.2, -0.15) is 0 Å². The van der Waals surface area contributed by atoms with Gasteiger partial charge in [-0.05, 0) is 53.2 Å². The fourth-order valence-corrected chi connectivity index (χ4v) is 2.29. The van der Waals surface area contributed by atoms with Crippen LogP contribution >= 0.6 is 0 Å². The minimum atomic E-state index is 0.319. The van der Waals surface area contributed by atoms with E-state index in [2.05, 4.69) is 41.5 Å². The maximum Gasteiger partial charge on any atom is 0.191 e. The summed E-state index contributed by atoms with van der Waals surface area (Å²) in [5.41, 5.74) is 0. The number of nitrogens with one attached hydrogen (secondary N) is 2. The Morgan fingerprint density at radius 1 is 1.32 bits per heavy atom. The summed E-state index contributed by atoms with van der Waals surface area (Å²) in [6.45, 7) is 8.16. The van der Waals surface area contributed by atoms with Gasteiger partial charge in [0.15, 0.2) is 5.96 Å². The van der Waals surface area contributed by atoms with Crippen LogP contribution in [0.2, 0.25) is 0 Å². The highest BCUT2D eigenvalue weighted by molar-refractivity contribution is 5.79. The van der Waals surface area contributed by atoms with E-state index in [9.17, 15) is 0 Å². The van der Waals surface area contributed by atoms with E-state index >= 15 is 0 Å². The molecule has 1 unspecified atom stereocenters. The largest absolute Gasteiger partial charge is 0.379 e. The molecule has 0 amide bonds. The molecule has 1 aliphatic heterocycles. The summed E-state index contributed by atoms with van der Waals surface area (Å²) in [6, 6.07) is 0. The normalized spacial score (nSPS) is 18.9. The first-order valence-corrected chi connectivity index (χ1v) is 8.58. The standard InChI is InChI=1S/C16H34N4O2/c1-4-17-16(18-9-6-11-20(2)3)19-10-7-12-21-14-15-8-5-13-22-15/h15H,4-14H2,1-3H3,(H2,17,18,19). The summed E-state index contributed by atoms with van der Waals surface area (Å²) in [6.07, 6.45) is 4.69. The zero-order chi connectivity index (χ0) is 16.0. The van der Waals surface area contributed by atoms with Gasteiger partial charge in [0.1, 0.15) is 0 Å². The van der Waals surface area contributed by atoms with Gasteiger partial charge in [-0.1, -0.05) is 0 Å². The predicted molar refractivity (Wildman–Crippen MR) is 91.6 cm³/mol. The number of rotatable bonds is 11. The van der Waals surface area contributed by atoms with Gasteiger partial charge in [0.05, 0.1) is 12.7 Å². The molecule has 6 nitrogen and oxygen atoms in total. The van der Waals surface area contributed by atoms with E-state index < -0.39 is 0 Å².